The Morgan fingerprint density at radius 1 is 1.08 bits per heavy atom. The molecule has 0 saturated carbocycles. The van der Waals surface area contributed by atoms with Gasteiger partial charge in [-0.15, -0.1) is 0 Å². The van der Waals surface area contributed by atoms with Crippen molar-refractivity contribution >= 4 is 8.32 Å². The van der Waals surface area contributed by atoms with Gasteiger partial charge in [-0.1, -0.05) is 51.1 Å². The molecule has 146 valence electrons. The summed E-state index contributed by atoms with van der Waals surface area (Å²) >= 11 is 0. The smallest absolute Gasteiger partial charge is 0.184 e. The summed E-state index contributed by atoms with van der Waals surface area (Å²) in [5.41, 5.74) is 0.593. The van der Waals surface area contributed by atoms with Crippen LogP contribution < -0.4 is 0 Å². The largest absolute Gasteiger partial charge is 0.406 e. The number of rotatable bonds is 4. The minimum atomic E-state index is -1.85. The monoisotopic (exact) mass is 378 g/mol. The van der Waals surface area contributed by atoms with E-state index in [-0.39, 0.29) is 23.7 Å². The highest BCUT2D eigenvalue weighted by atomic mass is 28.4. The summed E-state index contributed by atoms with van der Waals surface area (Å²) in [5, 5.41) is 0. The zero-order valence-electron chi connectivity index (χ0n) is 17.5. The molecule has 1 aromatic carbocycles. The van der Waals surface area contributed by atoms with E-state index < -0.39 is 19.7 Å². The second-order valence-electron chi connectivity index (χ2n) is 9.97. The lowest BCUT2D eigenvalue weighted by Crippen LogP contribution is -2.74. The van der Waals surface area contributed by atoms with Gasteiger partial charge in [-0.3, -0.25) is 0 Å². The average molecular weight is 379 g/mol. The van der Waals surface area contributed by atoms with Crippen molar-refractivity contribution in [3.05, 3.63) is 35.9 Å². The van der Waals surface area contributed by atoms with Gasteiger partial charge in [0.1, 0.15) is 23.9 Å². The molecular formula is C21H34O4Si. The topological polar surface area (TPSA) is 36.9 Å². The van der Waals surface area contributed by atoms with Crippen LogP contribution in [0.15, 0.2) is 30.3 Å². The molecule has 0 aromatic heterocycles. The predicted molar refractivity (Wildman–Crippen MR) is 106 cm³/mol. The molecule has 0 spiro atoms. The summed E-state index contributed by atoms with van der Waals surface area (Å²) in [6.45, 7) is 17.9. The van der Waals surface area contributed by atoms with E-state index in [0.29, 0.717) is 6.61 Å². The van der Waals surface area contributed by atoms with Gasteiger partial charge >= 0.3 is 0 Å². The Kier molecular flexibility index (Phi) is 4.94. The van der Waals surface area contributed by atoms with Crippen LogP contribution in [0, 0.1) is 5.41 Å². The average Bonchev–Trinajstić information content (AvgIpc) is 2.82. The Balaban J connectivity index is 2.02. The second-order valence-corrected chi connectivity index (χ2v) is 14.4. The Bertz CT molecular complexity index is 632. The maximum atomic E-state index is 6.96. The first-order chi connectivity index (χ1) is 11.9. The highest BCUT2D eigenvalue weighted by molar-refractivity contribution is 6.69. The van der Waals surface area contributed by atoms with E-state index in [1.165, 1.54) is 0 Å². The van der Waals surface area contributed by atoms with Crippen molar-refractivity contribution in [3.8, 4) is 0 Å². The van der Waals surface area contributed by atoms with Crippen molar-refractivity contribution in [2.24, 2.45) is 5.41 Å². The lowest BCUT2D eigenvalue weighted by molar-refractivity contribution is -0.348. The molecule has 2 aliphatic heterocycles. The number of hydrogen-bond donors (Lipinski definition) is 0. The van der Waals surface area contributed by atoms with Crippen LogP contribution in [0.2, 0.25) is 19.6 Å². The van der Waals surface area contributed by atoms with Crippen LogP contribution in [0.4, 0.5) is 0 Å². The zero-order chi connectivity index (χ0) is 19.4. The van der Waals surface area contributed by atoms with Crippen molar-refractivity contribution in [3.63, 3.8) is 0 Å². The number of hydrogen-bond acceptors (Lipinski definition) is 4. The van der Waals surface area contributed by atoms with Crippen LogP contribution in [0.3, 0.4) is 0 Å². The maximum absolute atomic E-state index is 6.96. The summed E-state index contributed by atoms with van der Waals surface area (Å²) in [5.74, 6) is -0.575. The summed E-state index contributed by atoms with van der Waals surface area (Å²) < 4.78 is 25.5. The van der Waals surface area contributed by atoms with Gasteiger partial charge in [0, 0.05) is 0 Å². The van der Waals surface area contributed by atoms with Gasteiger partial charge in [0.15, 0.2) is 14.1 Å². The molecule has 0 bridgehead atoms. The van der Waals surface area contributed by atoms with Gasteiger partial charge in [0.25, 0.3) is 0 Å². The molecule has 0 N–H and O–H groups in total. The van der Waals surface area contributed by atoms with Crippen LogP contribution in [0.1, 0.15) is 46.3 Å². The fraction of sp³-hybridized carbons (Fsp3) is 0.714. The van der Waals surface area contributed by atoms with E-state index in [4.69, 9.17) is 18.6 Å². The van der Waals surface area contributed by atoms with Crippen molar-refractivity contribution in [2.75, 3.05) is 6.61 Å². The van der Waals surface area contributed by atoms with Gasteiger partial charge < -0.3 is 18.6 Å². The minimum absolute atomic E-state index is 0.104. The summed E-state index contributed by atoms with van der Waals surface area (Å²) in [6.07, 6.45) is -0.380. The third kappa shape index (κ3) is 3.52. The van der Waals surface area contributed by atoms with E-state index in [1.54, 1.807) is 0 Å². The highest BCUT2D eigenvalue weighted by Crippen LogP contribution is 2.59. The molecule has 0 radical (unpaired) electrons. The Morgan fingerprint density at radius 2 is 1.69 bits per heavy atom. The van der Waals surface area contributed by atoms with Crippen molar-refractivity contribution in [2.45, 2.75) is 84.0 Å². The van der Waals surface area contributed by atoms with Gasteiger partial charge in [0.2, 0.25) is 0 Å². The van der Waals surface area contributed by atoms with Crippen LogP contribution in [0.5, 0.6) is 0 Å². The van der Waals surface area contributed by atoms with Gasteiger partial charge in [-0.05, 0) is 44.5 Å². The van der Waals surface area contributed by atoms with E-state index in [9.17, 15) is 0 Å². The fourth-order valence-corrected chi connectivity index (χ4v) is 5.74. The minimum Gasteiger partial charge on any atom is -0.406 e. The SMILES string of the molecule is CC1(C)OC[C@H]([C@H]2O[C@@H](c3ccccc3)[C@]2(O[Si](C)(C)C)C(C)(C)C)O1. The van der Waals surface area contributed by atoms with Gasteiger partial charge in [0.05, 0.1) is 6.61 Å². The van der Waals surface area contributed by atoms with Crippen LogP contribution in [0.25, 0.3) is 0 Å². The summed E-state index contributed by atoms with van der Waals surface area (Å²) in [4.78, 5) is 0. The van der Waals surface area contributed by atoms with E-state index in [2.05, 4.69) is 64.7 Å². The zero-order valence-corrected chi connectivity index (χ0v) is 18.5. The Morgan fingerprint density at radius 3 is 2.15 bits per heavy atom. The Hall–Kier alpha value is -0.723. The third-order valence-corrected chi connectivity index (χ3v) is 6.16. The molecule has 2 aliphatic rings. The summed E-state index contributed by atoms with van der Waals surface area (Å²) in [6, 6.07) is 10.4. The summed E-state index contributed by atoms with van der Waals surface area (Å²) in [7, 11) is -1.85. The third-order valence-electron chi connectivity index (χ3n) is 5.21. The standard InChI is InChI=1S/C21H34O4Si/c1-19(2,3)21(25-26(6,7)8)17(15-12-10-9-11-13-15)23-18(21)16-14-22-20(4,5)24-16/h9-13,16-18H,14H2,1-8H3/t16-,17+,18-,21-/m1/s1. The normalized spacial score (nSPS) is 34.5. The van der Waals surface area contributed by atoms with Crippen LogP contribution >= 0.6 is 0 Å². The second kappa shape index (κ2) is 6.42. The quantitative estimate of drug-likeness (QED) is 0.697. The molecular weight excluding hydrogens is 344 g/mol. The molecule has 3 rings (SSSR count). The highest BCUT2D eigenvalue weighted by Gasteiger charge is 2.68. The molecule has 1 aromatic rings. The molecule has 4 atom stereocenters. The molecule has 5 heteroatoms. The lowest BCUT2D eigenvalue weighted by Gasteiger charge is -2.64. The first kappa shape index (κ1) is 20.0. The van der Waals surface area contributed by atoms with E-state index in [0.717, 1.165) is 5.56 Å². The van der Waals surface area contributed by atoms with Gasteiger partial charge in [-0.2, -0.15) is 0 Å². The van der Waals surface area contributed by atoms with Crippen molar-refractivity contribution in [1.29, 1.82) is 0 Å². The lowest BCUT2D eigenvalue weighted by atomic mass is 9.63. The van der Waals surface area contributed by atoms with Crippen LogP contribution in [-0.4, -0.2) is 38.5 Å². The van der Waals surface area contributed by atoms with Crippen molar-refractivity contribution < 1.29 is 18.6 Å². The first-order valence-electron chi connectivity index (χ1n) is 9.58. The van der Waals surface area contributed by atoms with E-state index >= 15 is 0 Å². The van der Waals surface area contributed by atoms with Gasteiger partial charge in [-0.25, -0.2) is 0 Å². The first-order valence-corrected chi connectivity index (χ1v) is 13.0. The molecule has 4 nitrogen and oxygen atoms in total. The molecule has 26 heavy (non-hydrogen) atoms. The Labute approximate surface area is 159 Å². The van der Waals surface area contributed by atoms with Crippen molar-refractivity contribution in [1.82, 2.24) is 0 Å². The molecule has 0 amide bonds. The number of benzene rings is 1. The van der Waals surface area contributed by atoms with E-state index in [1.807, 2.05) is 19.9 Å². The molecule has 0 aliphatic carbocycles. The molecule has 2 saturated heterocycles. The fourth-order valence-electron chi connectivity index (χ4n) is 4.20. The molecule has 2 heterocycles. The molecule has 2 fully saturated rings. The maximum Gasteiger partial charge on any atom is 0.184 e. The number of ether oxygens (including phenoxy) is 3. The molecule has 0 unspecified atom stereocenters. The predicted octanol–water partition coefficient (Wildman–Crippen LogP) is 4.91. The van der Waals surface area contributed by atoms with Crippen LogP contribution in [-0.2, 0) is 18.6 Å².